The number of nitrogens with one attached hydrogen (secondary N) is 1. The number of rotatable bonds is 14. The number of hydrogen-bond acceptors (Lipinski definition) is 4. The van der Waals surface area contributed by atoms with Gasteiger partial charge in [-0.2, -0.15) is 0 Å². The minimum atomic E-state index is 0.516. The summed E-state index contributed by atoms with van der Waals surface area (Å²) >= 11 is 3.68. The molecule has 0 saturated heterocycles. The SMILES string of the molecule is CCCCOCCCNCc1cc(OCC)c(OCc2ccc(C)cc2)cc1Br. The van der Waals surface area contributed by atoms with Crippen LogP contribution in [0.25, 0.3) is 0 Å². The van der Waals surface area contributed by atoms with E-state index >= 15 is 0 Å². The summed E-state index contributed by atoms with van der Waals surface area (Å²) in [5, 5.41) is 3.48. The highest BCUT2D eigenvalue weighted by molar-refractivity contribution is 9.10. The van der Waals surface area contributed by atoms with Gasteiger partial charge in [-0.15, -0.1) is 0 Å². The van der Waals surface area contributed by atoms with E-state index < -0.39 is 0 Å². The van der Waals surface area contributed by atoms with Crippen molar-refractivity contribution in [2.45, 2.75) is 53.2 Å². The molecule has 29 heavy (non-hydrogen) atoms. The van der Waals surface area contributed by atoms with Crippen LogP contribution in [0.4, 0.5) is 0 Å². The Bertz CT molecular complexity index is 719. The summed E-state index contributed by atoms with van der Waals surface area (Å²) in [4.78, 5) is 0. The van der Waals surface area contributed by atoms with Gasteiger partial charge in [-0.1, -0.05) is 59.1 Å². The van der Waals surface area contributed by atoms with Crippen LogP contribution in [0.15, 0.2) is 40.9 Å². The smallest absolute Gasteiger partial charge is 0.162 e. The molecule has 0 atom stereocenters. The van der Waals surface area contributed by atoms with Gasteiger partial charge in [0, 0.05) is 24.2 Å². The molecule has 0 aromatic heterocycles. The summed E-state index contributed by atoms with van der Waals surface area (Å²) in [7, 11) is 0. The van der Waals surface area contributed by atoms with Gasteiger partial charge in [0.15, 0.2) is 11.5 Å². The van der Waals surface area contributed by atoms with E-state index in [4.69, 9.17) is 14.2 Å². The van der Waals surface area contributed by atoms with Gasteiger partial charge in [0.2, 0.25) is 0 Å². The molecule has 0 aliphatic carbocycles. The van der Waals surface area contributed by atoms with Gasteiger partial charge in [-0.05, 0) is 56.5 Å². The average Bonchev–Trinajstić information content (AvgIpc) is 2.72. The van der Waals surface area contributed by atoms with E-state index in [-0.39, 0.29) is 0 Å². The fourth-order valence-electron chi connectivity index (χ4n) is 2.81. The highest BCUT2D eigenvalue weighted by Gasteiger charge is 2.11. The molecule has 2 aromatic rings. The van der Waals surface area contributed by atoms with Gasteiger partial charge >= 0.3 is 0 Å². The summed E-state index contributed by atoms with van der Waals surface area (Å²) in [5.41, 5.74) is 3.54. The zero-order chi connectivity index (χ0) is 20.9. The predicted molar refractivity (Wildman–Crippen MR) is 123 cm³/mol. The van der Waals surface area contributed by atoms with Crippen molar-refractivity contribution in [3.8, 4) is 11.5 Å². The van der Waals surface area contributed by atoms with Crippen LogP contribution in [0, 0.1) is 6.92 Å². The second-order valence-corrected chi connectivity index (χ2v) is 7.95. The predicted octanol–water partition coefficient (Wildman–Crippen LogP) is 6.03. The van der Waals surface area contributed by atoms with Crippen molar-refractivity contribution in [1.29, 1.82) is 0 Å². The lowest BCUT2D eigenvalue weighted by molar-refractivity contribution is 0.128. The zero-order valence-electron chi connectivity index (χ0n) is 17.9. The maximum Gasteiger partial charge on any atom is 0.162 e. The lowest BCUT2D eigenvalue weighted by Gasteiger charge is -2.16. The number of ether oxygens (including phenoxy) is 3. The van der Waals surface area contributed by atoms with Crippen LogP contribution in [0.3, 0.4) is 0 Å². The molecule has 0 aliphatic rings. The van der Waals surface area contributed by atoms with E-state index in [0.717, 1.165) is 66.2 Å². The van der Waals surface area contributed by atoms with Gasteiger partial charge in [-0.3, -0.25) is 0 Å². The molecule has 5 heteroatoms. The largest absolute Gasteiger partial charge is 0.490 e. The molecule has 4 nitrogen and oxygen atoms in total. The van der Waals surface area contributed by atoms with E-state index in [2.05, 4.69) is 65.4 Å². The van der Waals surface area contributed by atoms with Gasteiger partial charge in [-0.25, -0.2) is 0 Å². The lowest BCUT2D eigenvalue weighted by atomic mass is 10.1. The normalized spacial score (nSPS) is 10.9. The van der Waals surface area contributed by atoms with E-state index in [1.54, 1.807) is 0 Å². The Balaban J connectivity index is 1.88. The minimum Gasteiger partial charge on any atom is -0.490 e. The van der Waals surface area contributed by atoms with Crippen LogP contribution >= 0.6 is 15.9 Å². The Labute approximate surface area is 184 Å². The molecular formula is C24H34BrNO3. The highest BCUT2D eigenvalue weighted by atomic mass is 79.9. The van der Waals surface area contributed by atoms with Crippen molar-refractivity contribution in [1.82, 2.24) is 5.32 Å². The number of unbranched alkanes of at least 4 members (excludes halogenated alkanes) is 1. The van der Waals surface area contributed by atoms with E-state index in [0.29, 0.717) is 13.2 Å². The molecule has 0 saturated carbocycles. The van der Waals surface area contributed by atoms with Crippen LogP contribution in [-0.2, 0) is 17.9 Å². The van der Waals surface area contributed by atoms with Crippen LogP contribution in [-0.4, -0.2) is 26.4 Å². The third-order valence-electron chi connectivity index (χ3n) is 4.53. The van der Waals surface area contributed by atoms with E-state index in [9.17, 15) is 0 Å². The Morgan fingerprint density at radius 1 is 0.931 bits per heavy atom. The minimum absolute atomic E-state index is 0.516. The Hall–Kier alpha value is -1.56. The maximum atomic E-state index is 6.05. The van der Waals surface area contributed by atoms with E-state index in [1.807, 2.05) is 13.0 Å². The first-order chi connectivity index (χ1) is 14.1. The fourth-order valence-corrected chi connectivity index (χ4v) is 3.27. The van der Waals surface area contributed by atoms with Crippen LogP contribution in [0.2, 0.25) is 0 Å². The van der Waals surface area contributed by atoms with Crippen molar-refractivity contribution in [2.24, 2.45) is 0 Å². The van der Waals surface area contributed by atoms with Crippen molar-refractivity contribution >= 4 is 15.9 Å². The van der Waals surface area contributed by atoms with Crippen LogP contribution < -0.4 is 14.8 Å². The molecule has 0 heterocycles. The third kappa shape index (κ3) is 8.77. The monoisotopic (exact) mass is 463 g/mol. The van der Waals surface area contributed by atoms with Crippen molar-refractivity contribution in [2.75, 3.05) is 26.4 Å². The molecule has 0 fully saturated rings. The summed E-state index contributed by atoms with van der Waals surface area (Å²) in [6.45, 7) is 10.7. The Kier molecular flexibility index (Phi) is 11.1. The van der Waals surface area contributed by atoms with E-state index in [1.165, 1.54) is 12.0 Å². The molecule has 2 aromatic carbocycles. The molecule has 0 radical (unpaired) electrons. The summed E-state index contributed by atoms with van der Waals surface area (Å²) in [6, 6.07) is 12.4. The Morgan fingerprint density at radius 3 is 2.38 bits per heavy atom. The van der Waals surface area contributed by atoms with Gasteiger partial charge in [0.05, 0.1) is 6.61 Å². The van der Waals surface area contributed by atoms with Crippen molar-refractivity contribution in [3.05, 3.63) is 57.6 Å². The fraction of sp³-hybridized carbons (Fsp3) is 0.500. The molecule has 0 aliphatic heterocycles. The first kappa shape index (κ1) is 23.7. The molecule has 0 bridgehead atoms. The van der Waals surface area contributed by atoms with Crippen molar-refractivity contribution < 1.29 is 14.2 Å². The molecule has 160 valence electrons. The molecule has 0 unspecified atom stereocenters. The second-order valence-electron chi connectivity index (χ2n) is 7.09. The molecular weight excluding hydrogens is 430 g/mol. The number of aryl methyl sites for hydroxylation is 1. The topological polar surface area (TPSA) is 39.7 Å². The van der Waals surface area contributed by atoms with Gasteiger partial charge in [0.25, 0.3) is 0 Å². The summed E-state index contributed by atoms with van der Waals surface area (Å²) in [5.74, 6) is 1.54. The summed E-state index contributed by atoms with van der Waals surface area (Å²) < 4.78 is 18.5. The number of halogens is 1. The first-order valence-corrected chi connectivity index (χ1v) is 11.3. The van der Waals surface area contributed by atoms with Crippen LogP contribution in [0.1, 0.15) is 49.8 Å². The maximum absolute atomic E-state index is 6.05. The zero-order valence-corrected chi connectivity index (χ0v) is 19.5. The molecule has 1 N–H and O–H groups in total. The summed E-state index contributed by atoms with van der Waals surface area (Å²) in [6.07, 6.45) is 3.33. The second kappa shape index (κ2) is 13.6. The van der Waals surface area contributed by atoms with Gasteiger partial charge < -0.3 is 19.5 Å². The first-order valence-electron chi connectivity index (χ1n) is 10.6. The lowest BCUT2D eigenvalue weighted by Crippen LogP contribution is -2.17. The van der Waals surface area contributed by atoms with Gasteiger partial charge in [0.1, 0.15) is 6.61 Å². The molecule has 2 rings (SSSR count). The van der Waals surface area contributed by atoms with Crippen molar-refractivity contribution in [3.63, 3.8) is 0 Å². The standard InChI is InChI=1S/C24H34BrNO3/c1-4-6-13-27-14-7-12-26-17-21-15-23(28-5-2)24(16-22(21)25)29-18-20-10-8-19(3)9-11-20/h8-11,15-16,26H,4-7,12-14,17-18H2,1-3H3. The highest BCUT2D eigenvalue weighted by Crippen LogP contribution is 2.34. The third-order valence-corrected chi connectivity index (χ3v) is 5.27. The molecule has 0 amide bonds. The average molecular weight is 464 g/mol. The number of hydrogen-bond donors (Lipinski definition) is 1. The van der Waals surface area contributed by atoms with Crippen LogP contribution in [0.5, 0.6) is 11.5 Å². The Morgan fingerprint density at radius 2 is 1.66 bits per heavy atom. The molecule has 0 spiro atoms. The quantitative estimate of drug-likeness (QED) is 0.347. The number of benzene rings is 2.